The number of thiol groups is 1. The molecule has 0 aliphatic rings. The van der Waals surface area contributed by atoms with Gasteiger partial charge in [0.2, 0.25) is 0 Å². The summed E-state index contributed by atoms with van der Waals surface area (Å²) in [4.78, 5) is 0. The highest BCUT2D eigenvalue weighted by molar-refractivity contribution is 7.80. The maximum atomic E-state index is 6.50. The molecule has 0 saturated heterocycles. The Labute approximate surface area is 181 Å². The normalized spacial score (nSPS) is 12.0. The summed E-state index contributed by atoms with van der Waals surface area (Å²) in [7, 11) is -2.39. The van der Waals surface area contributed by atoms with Crippen molar-refractivity contribution in [3.63, 3.8) is 0 Å². The quantitative estimate of drug-likeness (QED) is 0.0790. The van der Waals surface area contributed by atoms with Crippen LogP contribution in [0.3, 0.4) is 0 Å². The lowest BCUT2D eigenvalue weighted by Gasteiger charge is -2.22. The molecule has 0 aromatic carbocycles. The fourth-order valence-electron chi connectivity index (χ4n) is 3.54. The predicted molar refractivity (Wildman–Crippen MR) is 127 cm³/mol. The van der Waals surface area contributed by atoms with E-state index in [1.165, 1.54) is 96.3 Å². The van der Waals surface area contributed by atoms with Crippen LogP contribution < -0.4 is 0 Å². The molecule has 2 nitrogen and oxygen atoms in total. The highest BCUT2D eigenvalue weighted by Gasteiger charge is 2.34. The zero-order valence-corrected chi connectivity index (χ0v) is 20.9. The van der Waals surface area contributed by atoms with Crippen molar-refractivity contribution < 1.29 is 8.85 Å². The van der Waals surface area contributed by atoms with Crippen LogP contribution in [0.2, 0.25) is 6.04 Å². The van der Waals surface area contributed by atoms with E-state index in [4.69, 9.17) is 19.9 Å². The molecule has 0 bridgehead atoms. The largest absolute Gasteiger partial charge is 0.443 e. The summed E-state index contributed by atoms with van der Waals surface area (Å²) in [6, 6.07) is 0.922. The van der Waals surface area contributed by atoms with Crippen LogP contribution in [0.5, 0.6) is 0 Å². The molecule has 0 spiro atoms. The van der Waals surface area contributed by atoms with E-state index in [0.717, 1.165) is 18.2 Å². The lowest BCUT2D eigenvalue weighted by molar-refractivity contribution is 0.202. The van der Waals surface area contributed by atoms with E-state index >= 15 is 0 Å². The summed E-state index contributed by atoms with van der Waals surface area (Å²) in [5.41, 5.74) is 0. The molecule has 0 unspecified atom stereocenters. The third-order valence-electron chi connectivity index (χ3n) is 5.10. The Hall–Kier alpha value is 0.777. The standard InChI is InChI=1S/C22H47ClO2SSi/c1-3-24-27(23,25-4-2)22-20-18-16-14-12-10-8-6-5-7-9-11-13-15-17-19-21-26/h26H,3-22H2,1-2H3. The third kappa shape index (κ3) is 19.9. The van der Waals surface area contributed by atoms with E-state index in [-0.39, 0.29) is 0 Å². The highest BCUT2D eigenvalue weighted by atomic mass is 35.6. The minimum atomic E-state index is -2.39. The molecule has 5 heteroatoms. The van der Waals surface area contributed by atoms with E-state index in [9.17, 15) is 0 Å². The molecule has 0 aromatic rings. The lowest BCUT2D eigenvalue weighted by atomic mass is 10.0. The minimum absolute atomic E-state index is 0.659. The summed E-state index contributed by atoms with van der Waals surface area (Å²) in [5.74, 6) is 1.05. The van der Waals surface area contributed by atoms with Crippen molar-refractivity contribution in [2.24, 2.45) is 0 Å². The second-order valence-electron chi connectivity index (χ2n) is 7.66. The van der Waals surface area contributed by atoms with Crippen LogP contribution in [0.15, 0.2) is 0 Å². The van der Waals surface area contributed by atoms with Gasteiger partial charge in [-0.1, -0.05) is 107 Å². The molecule has 0 aromatic heterocycles. The molecule has 27 heavy (non-hydrogen) atoms. The molecule has 0 rings (SSSR count). The van der Waals surface area contributed by atoms with Crippen molar-refractivity contribution in [2.45, 2.75) is 123 Å². The van der Waals surface area contributed by atoms with Gasteiger partial charge in [0.25, 0.3) is 0 Å². The zero-order valence-electron chi connectivity index (χ0n) is 18.3. The minimum Gasteiger partial charge on any atom is -0.383 e. The van der Waals surface area contributed by atoms with Crippen molar-refractivity contribution in [1.29, 1.82) is 0 Å². The Morgan fingerprint density at radius 2 is 0.852 bits per heavy atom. The summed E-state index contributed by atoms with van der Waals surface area (Å²) < 4.78 is 11.4. The van der Waals surface area contributed by atoms with Gasteiger partial charge in [-0.3, -0.25) is 0 Å². The molecule has 0 aliphatic carbocycles. The van der Waals surface area contributed by atoms with Crippen LogP contribution in [0.4, 0.5) is 0 Å². The molecule has 0 N–H and O–H groups in total. The van der Waals surface area contributed by atoms with Gasteiger partial charge in [-0.15, -0.1) is 0 Å². The number of hydrogen-bond donors (Lipinski definition) is 1. The van der Waals surface area contributed by atoms with E-state index in [0.29, 0.717) is 13.2 Å². The number of unbranched alkanes of at least 4 members (excludes halogenated alkanes) is 15. The fraction of sp³-hybridized carbons (Fsp3) is 1.00. The molecule has 0 atom stereocenters. The summed E-state index contributed by atoms with van der Waals surface area (Å²) in [5, 5.41) is 0. The van der Waals surface area contributed by atoms with Gasteiger partial charge < -0.3 is 8.85 Å². The third-order valence-corrected chi connectivity index (χ3v) is 9.03. The number of hydrogen-bond acceptors (Lipinski definition) is 3. The van der Waals surface area contributed by atoms with Gasteiger partial charge in [-0.05, 0) is 26.0 Å². The topological polar surface area (TPSA) is 18.5 Å². The van der Waals surface area contributed by atoms with Crippen molar-refractivity contribution >= 4 is 31.6 Å². The van der Waals surface area contributed by atoms with Crippen LogP contribution in [0.25, 0.3) is 0 Å². The molecule has 0 saturated carbocycles. The first kappa shape index (κ1) is 27.8. The smallest absolute Gasteiger partial charge is 0.383 e. The van der Waals surface area contributed by atoms with E-state index in [1.807, 2.05) is 13.8 Å². The second-order valence-corrected chi connectivity index (χ2v) is 12.2. The predicted octanol–water partition coefficient (Wildman–Crippen LogP) is 8.41. The highest BCUT2D eigenvalue weighted by Crippen LogP contribution is 2.23. The van der Waals surface area contributed by atoms with Gasteiger partial charge in [0.05, 0.1) is 0 Å². The van der Waals surface area contributed by atoms with Gasteiger partial charge in [0.15, 0.2) is 0 Å². The van der Waals surface area contributed by atoms with Crippen molar-refractivity contribution in [1.82, 2.24) is 0 Å². The average Bonchev–Trinajstić information content (AvgIpc) is 2.64. The molecule has 0 heterocycles. The van der Waals surface area contributed by atoms with Gasteiger partial charge in [0, 0.05) is 19.3 Å². The first-order valence-electron chi connectivity index (χ1n) is 11.8. The van der Waals surface area contributed by atoms with Gasteiger partial charge in [-0.25, -0.2) is 0 Å². The maximum absolute atomic E-state index is 6.50. The number of rotatable bonds is 22. The fourth-order valence-corrected chi connectivity index (χ4v) is 6.73. The first-order chi connectivity index (χ1) is 13.2. The zero-order chi connectivity index (χ0) is 20.1. The van der Waals surface area contributed by atoms with Crippen LogP contribution in [0.1, 0.15) is 117 Å². The van der Waals surface area contributed by atoms with E-state index in [2.05, 4.69) is 12.6 Å². The van der Waals surface area contributed by atoms with Gasteiger partial charge in [-0.2, -0.15) is 12.6 Å². The Bertz CT molecular complexity index is 289. The number of halogens is 1. The summed E-state index contributed by atoms with van der Waals surface area (Å²) >= 11 is 10.8. The van der Waals surface area contributed by atoms with Crippen LogP contribution in [-0.2, 0) is 8.85 Å². The molecule has 164 valence electrons. The molecular weight excluding hydrogens is 392 g/mol. The Morgan fingerprint density at radius 3 is 1.15 bits per heavy atom. The van der Waals surface area contributed by atoms with Gasteiger partial charge >= 0.3 is 7.87 Å². The Morgan fingerprint density at radius 1 is 0.556 bits per heavy atom. The first-order valence-corrected chi connectivity index (χ1v) is 15.4. The molecule has 0 aliphatic heterocycles. The van der Waals surface area contributed by atoms with Crippen molar-refractivity contribution in [3.05, 3.63) is 0 Å². The van der Waals surface area contributed by atoms with Crippen LogP contribution >= 0.6 is 23.7 Å². The van der Waals surface area contributed by atoms with Crippen LogP contribution in [0, 0.1) is 0 Å². The second kappa shape index (κ2) is 21.5. The molecular formula is C22H47ClO2SSi. The Balaban J connectivity index is 3.25. The summed E-state index contributed by atoms with van der Waals surface area (Å²) in [6.45, 7) is 5.31. The van der Waals surface area contributed by atoms with Gasteiger partial charge in [0.1, 0.15) is 0 Å². The van der Waals surface area contributed by atoms with Crippen molar-refractivity contribution in [2.75, 3.05) is 19.0 Å². The monoisotopic (exact) mass is 438 g/mol. The molecule has 0 amide bonds. The van der Waals surface area contributed by atoms with E-state index < -0.39 is 7.87 Å². The SMILES string of the molecule is CCO[Si](Cl)(CCCCCCCCCCCCCCCCCCS)OCC. The van der Waals surface area contributed by atoms with E-state index in [1.54, 1.807) is 0 Å². The summed E-state index contributed by atoms with van der Waals surface area (Å²) in [6.07, 6.45) is 22.0. The average molecular weight is 439 g/mol. The maximum Gasteiger partial charge on any atom is 0.443 e. The lowest BCUT2D eigenvalue weighted by Crippen LogP contribution is -2.36. The molecule has 0 fully saturated rings. The Kier molecular flexibility index (Phi) is 22.1. The van der Waals surface area contributed by atoms with Crippen molar-refractivity contribution in [3.8, 4) is 0 Å². The molecule has 0 radical (unpaired) electrons. The van der Waals surface area contributed by atoms with Crippen LogP contribution in [-0.4, -0.2) is 26.8 Å².